The summed E-state index contributed by atoms with van der Waals surface area (Å²) in [4.78, 5) is 12.7. The van der Waals surface area contributed by atoms with Crippen molar-refractivity contribution in [1.82, 2.24) is 5.16 Å². The normalized spacial score (nSPS) is 12.9. The van der Waals surface area contributed by atoms with Crippen LogP contribution in [0.1, 0.15) is 27.0 Å². The maximum absolute atomic E-state index is 13.5. The van der Waals surface area contributed by atoms with Crippen molar-refractivity contribution in [3.05, 3.63) is 44.7 Å². The minimum absolute atomic E-state index is 0.0328. The summed E-state index contributed by atoms with van der Waals surface area (Å²) in [5.74, 6) is -0.821. The summed E-state index contributed by atoms with van der Waals surface area (Å²) in [5.41, 5.74) is 0.225. The fourth-order valence-corrected chi connectivity index (χ4v) is 6.66. The molecule has 0 spiro atoms. The average molecular weight is 565 g/mol. The molecule has 2 heterocycles. The van der Waals surface area contributed by atoms with Gasteiger partial charge in [0, 0.05) is 25.0 Å². The Morgan fingerprint density at radius 2 is 1.74 bits per heavy atom. The Morgan fingerprint density at radius 3 is 2.26 bits per heavy atom. The number of thiophene rings is 1. The monoisotopic (exact) mass is 564 g/mol. The van der Waals surface area contributed by atoms with E-state index in [4.69, 9.17) is 30.3 Å². The molecule has 0 bridgehead atoms. The Morgan fingerprint density at radius 1 is 1.11 bits per heavy atom. The fourth-order valence-electron chi connectivity index (χ4n) is 3.18. The molecule has 0 saturated heterocycles. The van der Waals surface area contributed by atoms with Crippen molar-refractivity contribution in [2.45, 2.75) is 22.8 Å². The quantitative estimate of drug-likeness (QED) is 0.362. The summed E-state index contributed by atoms with van der Waals surface area (Å²) in [6, 6.07) is 3.74. The van der Waals surface area contributed by atoms with Crippen LogP contribution < -0.4 is 14.2 Å². The Bertz CT molecular complexity index is 1480. The van der Waals surface area contributed by atoms with E-state index in [0.717, 1.165) is 17.6 Å². The van der Waals surface area contributed by atoms with Gasteiger partial charge in [-0.1, -0.05) is 16.8 Å². The highest BCUT2D eigenvalue weighted by molar-refractivity contribution is 7.93. The van der Waals surface area contributed by atoms with Crippen LogP contribution in [0, 0.1) is 6.92 Å². The van der Waals surface area contributed by atoms with Gasteiger partial charge in [0.1, 0.15) is 21.7 Å². The number of hydrogen-bond donors (Lipinski definition) is 1. The second-order valence-electron chi connectivity index (χ2n) is 7.13. The number of anilines is 1. The standard InChI is InChI=1S/C20H21ClN2O9S3/c1-10-16(21)20(32-22-10)23-35(27,28)14-6-7-33-19(14)17(24)18(31-4)11-8-12(29-2)13(30-3)9-15(11)34(5,25)26/h6-9,18,23H,1-5H3. The molecule has 0 aliphatic rings. The van der Waals surface area contributed by atoms with Crippen LogP contribution in [0.2, 0.25) is 5.02 Å². The number of benzene rings is 1. The highest BCUT2D eigenvalue weighted by atomic mass is 35.5. The van der Waals surface area contributed by atoms with Crippen LogP contribution >= 0.6 is 22.9 Å². The average Bonchev–Trinajstić information content (AvgIpc) is 3.41. The largest absolute Gasteiger partial charge is 0.493 e. The molecule has 0 fully saturated rings. The van der Waals surface area contributed by atoms with Crippen molar-refractivity contribution in [3.63, 3.8) is 0 Å². The molecule has 11 nitrogen and oxygen atoms in total. The number of methoxy groups -OCH3 is 3. The van der Waals surface area contributed by atoms with Gasteiger partial charge < -0.3 is 18.7 Å². The van der Waals surface area contributed by atoms with Crippen molar-refractivity contribution in [3.8, 4) is 11.5 Å². The number of ether oxygens (including phenoxy) is 3. The highest BCUT2D eigenvalue weighted by Gasteiger charge is 2.34. The lowest BCUT2D eigenvalue weighted by Gasteiger charge is -2.20. The smallest absolute Gasteiger partial charge is 0.265 e. The molecule has 1 atom stereocenters. The van der Waals surface area contributed by atoms with Crippen LogP contribution in [-0.4, -0.2) is 55.4 Å². The van der Waals surface area contributed by atoms with E-state index in [-0.39, 0.29) is 48.3 Å². The first-order chi connectivity index (χ1) is 16.3. The van der Waals surface area contributed by atoms with Crippen LogP contribution in [0.25, 0.3) is 0 Å². The molecule has 0 aliphatic heterocycles. The van der Waals surface area contributed by atoms with Gasteiger partial charge in [0.15, 0.2) is 21.3 Å². The van der Waals surface area contributed by atoms with Crippen LogP contribution in [0.15, 0.2) is 37.9 Å². The first-order valence-electron chi connectivity index (χ1n) is 9.60. The number of rotatable bonds is 10. The maximum Gasteiger partial charge on any atom is 0.265 e. The molecule has 1 N–H and O–H groups in total. The van der Waals surface area contributed by atoms with Gasteiger partial charge in [0.05, 0.1) is 24.0 Å². The molecule has 2 aromatic heterocycles. The number of ketones is 1. The van der Waals surface area contributed by atoms with Gasteiger partial charge in [-0.2, -0.15) is 0 Å². The number of halogens is 1. The van der Waals surface area contributed by atoms with Crippen molar-refractivity contribution in [1.29, 1.82) is 0 Å². The minimum Gasteiger partial charge on any atom is -0.493 e. The topological polar surface area (TPSA) is 151 Å². The molecule has 0 aliphatic carbocycles. The van der Waals surface area contributed by atoms with E-state index in [1.807, 2.05) is 0 Å². The van der Waals surface area contributed by atoms with E-state index in [2.05, 4.69) is 9.88 Å². The predicted octanol–water partition coefficient (Wildman–Crippen LogP) is 3.49. The zero-order chi connectivity index (χ0) is 26.1. The summed E-state index contributed by atoms with van der Waals surface area (Å²) in [5, 5.41) is 4.95. The van der Waals surface area contributed by atoms with Crippen molar-refractivity contribution >= 4 is 54.5 Å². The summed E-state index contributed by atoms with van der Waals surface area (Å²) >= 11 is 6.84. The van der Waals surface area contributed by atoms with Crippen LogP contribution in [0.4, 0.5) is 5.88 Å². The van der Waals surface area contributed by atoms with E-state index in [1.54, 1.807) is 0 Å². The molecule has 0 saturated carbocycles. The molecule has 1 unspecified atom stereocenters. The number of carbonyl (C=O) groups excluding carboxylic acids is 1. The van der Waals surface area contributed by atoms with Gasteiger partial charge in [-0.15, -0.1) is 11.3 Å². The van der Waals surface area contributed by atoms with Gasteiger partial charge in [0.2, 0.25) is 5.78 Å². The number of sulfonamides is 1. The predicted molar refractivity (Wildman–Crippen MR) is 128 cm³/mol. The minimum atomic E-state index is -4.34. The first-order valence-corrected chi connectivity index (χ1v) is 14.2. The summed E-state index contributed by atoms with van der Waals surface area (Å²) in [6.07, 6.45) is -0.522. The molecule has 15 heteroatoms. The Kier molecular flexibility index (Phi) is 7.81. The van der Waals surface area contributed by atoms with Gasteiger partial charge in [-0.25, -0.2) is 21.6 Å². The third-order valence-corrected chi connectivity index (χ3v) is 8.86. The zero-order valence-corrected chi connectivity index (χ0v) is 22.3. The summed E-state index contributed by atoms with van der Waals surface area (Å²) in [7, 11) is -4.32. The van der Waals surface area contributed by atoms with Gasteiger partial charge in [-0.3, -0.25) is 4.79 Å². The first kappa shape index (κ1) is 26.9. The molecule has 3 aromatic rings. The molecule has 0 radical (unpaired) electrons. The Hall–Kier alpha value is -2.65. The lowest BCUT2D eigenvalue weighted by atomic mass is 10.0. The second-order valence-corrected chi connectivity index (χ2v) is 12.1. The molecule has 190 valence electrons. The number of aryl methyl sites for hydroxylation is 1. The Labute approximate surface area is 210 Å². The van der Waals surface area contributed by atoms with E-state index in [1.165, 1.54) is 51.8 Å². The summed E-state index contributed by atoms with van der Waals surface area (Å²) in [6.45, 7) is 1.52. The lowest BCUT2D eigenvalue weighted by Crippen LogP contribution is -2.21. The second kappa shape index (κ2) is 10.1. The molecule has 1 aromatic carbocycles. The fraction of sp³-hybridized carbons (Fsp3) is 0.300. The van der Waals surface area contributed by atoms with E-state index < -0.39 is 31.7 Å². The molecule has 3 rings (SSSR count). The van der Waals surface area contributed by atoms with Crippen molar-refractivity contribution in [2.75, 3.05) is 32.3 Å². The Balaban J connectivity index is 2.11. The molecule has 35 heavy (non-hydrogen) atoms. The number of carbonyl (C=O) groups is 1. The number of aromatic nitrogens is 1. The van der Waals surface area contributed by atoms with Gasteiger partial charge >= 0.3 is 0 Å². The number of sulfone groups is 1. The van der Waals surface area contributed by atoms with Gasteiger partial charge in [-0.05, 0) is 24.4 Å². The summed E-state index contributed by atoms with van der Waals surface area (Å²) < 4.78 is 74.0. The van der Waals surface area contributed by atoms with Crippen molar-refractivity contribution in [2.24, 2.45) is 0 Å². The number of nitrogens with zero attached hydrogens (tertiary/aromatic N) is 1. The van der Waals surface area contributed by atoms with E-state index >= 15 is 0 Å². The third-order valence-electron chi connectivity index (χ3n) is 4.83. The number of Topliss-reactive ketones (excluding diaryl/α,β-unsaturated/α-hetero) is 1. The van der Waals surface area contributed by atoms with E-state index in [9.17, 15) is 21.6 Å². The van der Waals surface area contributed by atoms with E-state index in [0.29, 0.717) is 0 Å². The number of hydrogen-bond acceptors (Lipinski definition) is 11. The number of nitrogens with one attached hydrogen (secondary N) is 1. The lowest BCUT2D eigenvalue weighted by molar-refractivity contribution is 0.0597. The zero-order valence-electron chi connectivity index (χ0n) is 19.1. The molecular formula is C20H21ClN2O9S3. The maximum atomic E-state index is 13.5. The van der Waals surface area contributed by atoms with Crippen LogP contribution in [0.3, 0.4) is 0 Å². The van der Waals surface area contributed by atoms with Crippen LogP contribution in [-0.2, 0) is 24.6 Å². The van der Waals surface area contributed by atoms with Crippen molar-refractivity contribution < 1.29 is 40.4 Å². The molecular weight excluding hydrogens is 544 g/mol. The van der Waals surface area contributed by atoms with Gasteiger partial charge in [0.25, 0.3) is 15.9 Å². The SMILES string of the molecule is COc1cc(C(OC)C(=O)c2sccc2S(=O)(=O)Nc2onc(C)c2Cl)c(S(C)(=O)=O)cc1OC. The third kappa shape index (κ3) is 5.30. The molecule has 0 amide bonds. The highest BCUT2D eigenvalue weighted by Crippen LogP contribution is 2.39. The van der Waals surface area contributed by atoms with Crippen LogP contribution in [0.5, 0.6) is 11.5 Å².